The zero-order chi connectivity index (χ0) is 13.3. The van der Waals surface area contributed by atoms with Crippen LogP contribution in [0.15, 0.2) is 0 Å². The van der Waals surface area contributed by atoms with Gasteiger partial charge in [0.15, 0.2) is 0 Å². The van der Waals surface area contributed by atoms with Crippen molar-refractivity contribution in [3.8, 4) is 0 Å². The van der Waals surface area contributed by atoms with Crippen LogP contribution in [0, 0.1) is 0 Å². The minimum atomic E-state index is 0. The topological polar surface area (TPSA) is 35.6 Å². The molecule has 1 N–H and O–H groups in total. The average molecular weight is 326 g/mol. The molecule has 6 heteroatoms. The highest BCUT2D eigenvalue weighted by Gasteiger charge is 2.36. The lowest BCUT2D eigenvalue weighted by molar-refractivity contribution is -0.134. The van der Waals surface area contributed by atoms with Gasteiger partial charge in [-0.1, -0.05) is 0 Å². The van der Waals surface area contributed by atoms with Crippen LogP contribution in [0.4, 0.5) is 0 Å². The first-order valence-electron chi connectivity index (χ1n) is 7.19. The van der Waals surface area contributed by atoms with Crippen molar-refractivity contribution in [2.75, 3.05) is 20.6 Å². The number of nitrogens with zero attached hydrogens (tertiary/aromatic N) is 2. The molecule has 0 aromatic heterocycles. The number of amides is 1. The molecule has 2 heterocycles. The van der Waals surface area contributed by atoms with Gasteiger partial charge in [0.1, 0.15) is 0 Å². The number of rotatable bonds is 4. The maximum Gasteiger partial charge on any atom is 0.236 e. The zero-order valence-corrected chi connectivity index (χ0v) is 14.6. The van der Waals surface area contributed by atoms with Gasteiger partial charge in [0.05, 0.1) is 6.54 Å². The van der Waals surface area contributed by atoms with Crippen molar-refractivity contribution in [3.05, 3.63) is 0 Å². The smallest absolute Gasteiger partial charge is 0.236 e. The molecule has 2 atom stereocenters. The highest BCUT2D eigenvalue weighted by Crippen LogP contribution is 2.29. The number of nitrogens with one attached hydrogen (secondary N) is 1. The van der Waals surface area contributed by atoms with E-state index in [4.69, 9.17) is 0 Å². The Bertz CT molecular complexity index is 303. The van der Waals surface area contributed by atoms with E-state index in [-0.39, 0.29) is 30.7 Å². The highest BCUT2D eigenvalue weighted by molar-refractivity contribution is 5.85. The third kappa shape index (κ3) is 4.76. The maximum atomic E-state index is 12.3. The van der Waals surface area contributed by atoms with Gasteiger partial charge in [0.25, 0.3) is 0 Å². The maximum absolute atomic E-state index is 12.3. The fourth-order valence-corrected chi connectivity index (χ4v) is 3.05. The van der Waals surface area contributed by atoms with Crippen molar-refractivity contribution >= 4 is 30.7 Å². The third-order valence-electron chi connectivity index (χ3n) is 4.66. The van der Waals surface area contributed by atoms with E-state index in [1.54, 1.807) is 0 Å². The Morgan fingerprint density at radius 1 is 1.15 bits per heavy atom. The molecule has 2 fully saturated rings. The van der Waals surface area contributed by atoms with E-state index in [2.05, 4.69) is 24.1 Å². The molecule has 0 spiro atoms. The van der Waals surface area contributed by atoms with Gasteiger partial charge in [-0.3, -0.25) is 9.69 Å². The number of hydrogen-bond acceptors (Lipinski definition) is 3. The van der Waals surface area contributed by atoms with Crippen LogP contribution < -0.4 is 5.32 Å². The molecule has 2 unspecified atom stereocenters. The van der Waals surface area contributed by atoms with Crippen molar-refractivity contribution in [2.24, 2.45) is 0 Å². The Morgan fingerprint density at radius 3 is 2.10 bits per heavy atom. The molecule has 20 heavy (non-hydrogen) atoms. The van der Waals surface area contributed by atoms with Gasteiger partial charge >= 0.3 is 0 Å². The minimum absolute atomic E-state index is 0. The predicted molar refractivity (Wildman–Crippen MR) is 88.0 cm³/mol. The zero-order valence-electron chi connectivity index (χ0n) is 13.0. The Hall–Kier alpha value is -0.0300. The molecule has 0 aliphatic carbocycles. The van der Waals surface area contributed by atoms with Gasteiger partial charge in [-0.2, -0.15) is 0 Å². The van der Waals surface area contributed by atoms with E-state index in [0.717, 1.165) is 12.8 Å². The van der Waals surface area contributed by atoms with E-state index in [0.29, 0.717) is 30.7 Å². The SMILES string of the molecule is CC(C)N(C)CC(=O)N(C)C1CC2CCC(C1)N2.Cl.Cl. The third-order valence-corrected chi connectivity index (χ3v) is 4.66. The predicted octanol–water partition coefficient (Wildman–Crippen LogP) is 1.91. The normalized spacial score (nSPS) is 28.0. The molecule has 2 aliphatic heterocycles. The summed E-state index contributed by atoms with van der Waals surface area (Å²) in [6.45, 7) is 4.78. The van der Waals surface area contributed by atoms with Crippen LogP contribution in [-0.4, -0.2) is 60.5 Å². The van der Waals surface area contributed by atoms with Crippen molar-refractivity contribution in [1.82, 2.24) is 15.1 Å². The molecule has 0 radical (unpaired) electrons. The summed E-state index contributed by atoms with van der Waals surface area (Å²) in [7, 11) is 3.99. The number of likely N-dealkylation sites (N-methyl/N-ethyl adjacent to an activating group) is 2. The van der Waals surface area contributed by atoms with Crippen LogP contribution in [0.5, 0.6) is 0 Å². The number of halogens is 2. The van der Waals surface area contributed by atoms with Gasteiger partial charge in [-0.05, 0) is 46.6 Å². The van der Waals surface area contributed by atoms with Crippen LogP contribution in [0.2, 0.25) is 0 Å². The molecule has 0 aromatic rings. The standard InChI is InChI=1S/C14H27N3O.2ClH/c1-10(2)16(3)9-14(18)17(4)13-7-11-5-6-12(8-13)15-11;;/h10-13,15H,5-9H2,1-4H3;2*1H. The summed E-state index contributed by atoms with van der Waals surface area (Å²) in [6, 6.07) is 2.15. The van der Waals surface area contributed by atoms with Gasteiger partial charge < -0.3 is 10.2 Å². The van der Waals surface area contributed by atoms with Crippen LogP contribution in [-0.2, 0) is 4.79 Å². The summed E-state index contributed by atoms with van der Waals surface area (Å²) in [6.07, 6.45) is 4.83. The largest absolute Gasteiger partial charge is 0.342 e. The lowest BCUT2D eigenvalue weighted by atomic mass is 9.98. The summed E-state index contributed by atoms with van der Waals surface area (Å²) < 4.78 is 0. The highest BCUT2D eigenvalue weighted by atomic mass is 35.5. The number of fused-ring (bicyclic) bond motifs is 2. The Kier molecular flexibility index (Phi) is 8.41. The van der Waals surface area contributed by atoms with Crippen molar-refractivity contribution in [2.45, 2.75) is 63.7 Å². The first kappa shape index (κ1) is 20.0. The van der Waals surface area contributed by atoms with E-state index in [1.165, 1.54) is 12.8 Å². The van der Waals surface area contributed by atoms with Gasteiger partial charge in [0.2, 0.25) is 5.91 Å². The second-order valence-electron chi connectivity index (χ2n) is 6.28. The van der Waals surface area contributed by atoms with Gasteiger partial charge in [-0.25, -0.2) is 0 Å². The van der Waals surface area contributed by atoms with Crippen molar-refractivity contribution in [1.29, 1.82) is 0 Å². The monoisotopic (exact) mass is 325 g/mol. The van der Waals surface area contributed by atoms with E-state index in [1.807, 2.05) is 19.0 Å². The Morgan fingerprint density at radius 2 is 1.65 bits per heavy atom. The quantitative estimate of drug-likeness (QED) is 0.857. The summed E-state index contributed by atoms with van der Waals surface area (Å²) in [5, 5.41) is 3.62. The fourth-order valence-electron chi connectivity index (χ4n) is 3.05. The molecule has 0 saturated carbocycles. The molecule has 2 saturated heterocycles. The molecule has 4 nitrogen and oxygen atoms in total. The van der Waals surface area contributed by atoms with Crippen LogP contribution in [0.1, 0.15) is 39.5 Å². The summed E-state index contributed by atoms with van der Waals surface area (Å²) in [5.74, 6) is 0.262. The molecule has 2 aliphatic rings. The molecule has 120 valence electrons. The van der Waals surface area contributed by atoms with E-state index < -0.39 is 0 Å². The molecule has 0 aromatic carbocycles. The molecule has 2 bridgehead atoms. The minimum Gasteiger partial charge on any atom is -0.342 e. The molecular formula is C14H29Cl2N3O. The summed E-state index contributed by atoms with van der Waals surface area (Å²) >= 11 is 0. The van der Waals surface area contributed by atoms with Crippen molar-refractivity contribution < 1.29 is 4.79 Å². The van der Waals surface area contributed by atoms with E-state index in [9.17, 15) is 4.79 Å². The number of carbonyl (C=O) groups is 1. The fraction of sp³-hybridized carbons (Fsp3) is 0.929. The lowest BCUT2D eigenvalue weighted by Crippen LogP contribution is -2.50. The Labute approximate surface area is 135 Å². The average Bonchev–Trinajstić information content (AvgIpc) is 2.66. The van der Waals surface area contributed by atoms with Gasteiger partial charge in [0, 0.05) is 31.2 Å². The Balaban J connectivity index is 0.00000180. The van der Waals surface area contributed by atoms with Gasteiger partial charge in [-0.15, -0.1) is 24.8 Å². The van der Waals surface area contributed by atoms with Crippen LogP contribution >= 0.6 is 24.8 Å². The van der Waals surface area contributed by atoms with E-state index >= 15 is 0 Å². The molecule has 2 rings (SSSR count). The van der Waals surface area contributed by atoms with Crippen LogP contribution in [0.25, 0.3) is 0 Å². The first-order valence-corrected chi connectivity index (χ1v) is 7.19. The van der Waals surface area contributed by atoms with Crippen molar-refractivity contribution in [3.63, 3.8) is 0 Å². The number of piperidine rings is 1. The summed E-state index contributed by atoms with van der Waals surface area (Å²) in [4.78, 5) is 16.4. The second kappa shape index (κ2) is 8.42. The summed E-state index contributed by atoms with van der Waals surface area (Å²) in [5.41, 5.74) is 0. The number of hydrogen-bond donors (Lipinski definition) is 1. The number of carbonyl (C=O) groups excluding carboxylic acids is 1. The molecular weight excluding hydrogens is 297 g/mol. The lowest BCUT2D eigenvalue weighted by Gasteiger charge is -2.36. The second-order valence-corrected chi connectivity index (χ2v) is 6.28. The first-order chi connectivity index (χ1) is 8.47. The van der Waals surface area contributed by atoms with Crippen LogP contribution in [0.3, 0.4) is 0 Å². The molecule has 1 amide bonds.